The number of para-hydroxylation sites is 3. The zero-order valence-electron chi connectivity index (χ0n) is 14.3. The fraction of sp³-hybridized carbons (Fsp3) is 0. The molecule has 0 radical (unpaired) electrons. The van der Waals surface area contributed by atoms with E-state index in [4.69, 9.17) is 16.0 Å². The van der Waals surface area contributed by atoms with Gasteiger partial charge in [-0.3, -0.25) is 0 Å². The Morgan fingerprint density at radius 2 is 1.22 bits per heavy atom. The van der Waals surface area contributed by atoms with Gasteiger partial charge in [0.1, 0.15) is 5.58 Å². The summed E-state index contributed by atoms with van der Waals surface area (Å²) in [4.78, 5) is 0. The minimum Gasteiger partial charge on any atom is -0.454 e. The zero-order chi connectivity index (χ0) is 18.0. The third-order valence-electron chi connectivity index (χ3n) is 5.28. The molecule has 128 valence electrons. The molecule has 0 atom stereocenters. The molecule has 2 aromatic heterocycles. The van der Waals surface area contributed by atoms with Crippen molar-refractivity contribution in [2.75, 3.05) is 0 Å². The fourth-order valence-corrected chi connectivity index (χ4v) is 4.34. The summed E-state index contributed by atoms with van der Waals surface area (Å²) in [7, 11) is 0. The molecule has 0 N–H and O–H groups in total. The average Bonchev–Trinajstić information content (AvgIpc) is 3.26. The second-order valence-electron chi connectivity index (χ2n) is 6.74. The molecule has 0 fully saturated rings. The normalized spacial score (nSPS) is 11.9. The summed E-state index contributed by atoms with van der Waals surface area (Å²) in [5.41, 5.74) is 5.01. The van der Waals surface area contributed by atoms with Crippen molar-refractivity contribution in [2.24, 2.45) is 0 Å². The smallest absolute Gasteiger partial charge is 0.156 e. The Balaban J connectivity index is 1.88. The molecule has 0 spiro atoms. The minimum absolute atomic E-state index is 0.630. The quantitative estimate of drug-likeness (QED) is 0.297. The number of hydrogen-bond acceptors (Lipinski definition) is 1. The lowest BCUT2D eigenvalue weighted by Gasteiger charge is -2.10. The molecule has 2 nitrogen and oxygen atoms in total. The van der Waals surface area contributed by atoms with Gasteiger partial charge >= 0.3 is 0 Å². The lowest BCUT2D eigenvalue weighted by Crippen LogP contribution is -1.94. The number of aromatic nitrogens is 1. The minimum atomic E-state index is 0.630. The summed E-state index contributed by atoms with van der Waals surface area (Å²) in [5, 5.41) is 5.23. The highest BCUT2D eigenvalue weighted by atomic mass is 35.5. The molecule has 0 aliphatic carbocycles. The molecular weight excluding hydrogens is 354 g/mol. The van der Waals surface area contributed by atoms with Crippen LogP contribution in [0.15, 0.2) is 89.3 Å². The number of hydrogen-bond donors (Lipinski definition) is 0. The fourth-order valence-electron chi connectivity index (χ4n) is 4.15. The standard InChI is InChI=1S/C24H14ClNO/c25-18-13-14-21(23-17-9-3-6-12-22(17)27-24(18)23)26-19-10-4-1-7-15(19)16-8-2-5-11-20(16)26/h1-14H. The van der Waals surface area contributed by atoms with Gasteiger partial charge in [0.15, 0.2) is 5.58 Å². The highest BCUT2D eigenvalue weighted by Gasteiger charge is 2.18. The van der Waals surface area contributed by atoms with Crippen LogP contribution in [0.5, 0.6) is 0 Å². The van der Waals surface area contributed by atoms with E-state index in [-0.39, 0.29) is 0 Å². The monoisotopic (exact) mass is 367 g/mol. The van der Waals surface area contributed by atoms with Crippen LogP contribution in [0.3, 0.4) is 0 Å². The van der Waals surface area contributed by atoms with E-state index in [0.717, 1.165) is 27.6 Å². The van der Waals surface area contributed by atoms with Gasteiger partial charge in [-0.2, -0.15) is 0 Å². The first kappa shape index (κ1) is 14.9. The first-order chi connectivity index (χ1) is 13.3. The van der Waals surface area contributed by atoms with Gasteiger partial charge in [-0.15, -0.1) is 0 Å². The predicted octanol–water partition coefficient (Wildman–Crippen LogP) is 7.34. The van der Waals surface area contributed by atoms with Crippen molar-refractivity contribution in [3.8, 4) is 5.69 Å². The van der Waals surface area contributed by atoms with E-state index in [2.05, 4.69) is 65.2 Å². The van der Waals surface area contributed by atoms with Crippen LogP contribution in [-0.4, -0.2) is 4.57 Å². The molecule has 27 heavy (non-hydrogen) atoms. The van der Waals surface area contributed by atoms with Crippen LogP contribution in [0.2, 0.25) is 5.02 Å². The van der Waals surface area contributed by atoms with Gasteiger partial charge in [0.2, 0.25) is 0 Å². The van der Waals surface area contributed by atoms with E-state index >= 15 is 0 Å². The van der Waals surface area contributed by atoms with Gasteiger partial charge in [-0.1, -0.05) is 66.2 Å². The number of furan rings is 1. The SMILES string of the molecule is Clc1ccc(-n2c3ccccc3c3ccccc32)c2c1oc1ccccc12. The van der Waals surface area contributed by atoms with E-state index in [1.54, 1.807) is 0 Å². The van der Waals surface area contributed by atoms with Crippen molar-refractivity contribution >= 4 is 55.3 Å². The largest absolute Gasteiger partial charge is 0.454 e. The molecule has 4 aromatic carbocycles. The molecule has 3 heteroatoms. The molecular formula is C24H14ClNO. The number of nitrogens with zero attached hydrogens (tertiary/aromatic N) is 1. The third-order valence-corrected chi connectivity index (χ3v) is 5.57. The molecule has 0 bridgehead atoms. The first-order valence-corrected chi connectivity index (χ1v) is 9.29. The van der Waals surface area contributed by atoms with E-state index in [9.17, 15) is 0 Å². The third kappa shape index (κ3) is 1.96. The summed E-state index contributed by atoms with van der Waals surface area (Å²) in [5.74, 6) is 0. The Morgan fingerprint density at radius 3 is 1.93 bits per heavy atom. The van der Waals surface area contributed by atoms with Gasteiger partial charge in [0.05, 0.1) is 27.1 Å². The topological polar surface area (TPSA) is 18.1 Å². The Labute approximate surface area is 160 Å². The summed E-state index contributed by atoms with van der Waals surface area (Å²) in [6.45, 7) is 0. The molecule has 0 unspecified atom stereocenters. The van der Waals surface area contributed by atoms with Crippen LogP contribution in [0.25, 0.3) is 49.4 Å². The highest BCUT2D eigenvalue weighted by Crippen LogP contribution is 2.40. The van der Waals surface area contributed by atoms with Gasteiger partial charge < -0.3 is 8.98 Å². The Bertz CT molecular complexity index is 1440. The average molecular weight is 368 g/mol. The van der Waals surface area contributed by atoms with Crippen molar-refractivity contribution in [2.45, 2.75) is 0 Å². The summed E-state index contributed by atoms with van der Waals surface area (Å²) in [6, 6.07) is 29.1. The van der Waals surface area contributed by atoms with Gasteiger partial charge in [-0.05, 0) is 30.3 Å². The maximum Gasteiger partial charge on any atom is 0.156 e. The summed E-state index contributed by atoms with van der Waals surface area (Å²) < 4.78 is 8.41. The van der Waals surface area contributed by atoms with E-state index in [1.165, 1.54) is 21.8 Å². The molecule has 2 heterocycles. The molecule has 0 saturated heterocycles. The van der Waals surface area contributed by atoms with Crippen LogP contribution in [0, 0.1) is 0 Å². The van der Waals surface area contributed by atoms with E-state index in [0.29, 0.717) is 5.02 Å². The molecule has 6 rings (SSSR count). The number of rotatable bonds is 1. The van der Waals surface area contributed by atoms with Crippen LogP contribution < -0.4 is 0 Å². The molecule has 0 aliphatic rings. The van der Waals surface area contributed by atoms with Crippen molar-refractivity contribution in [1.29, 1.82) is 0 Å². The zero-order valence-corrected chi connectivity index (χ0v) is 15.1. The Morgan fingerprint density at radius 1 is 0.630 bits per heavy atom. The number of fused-ring (bicyclic) bond motifs is 6. The van der Waals surface area contributed by atoms with Gasteiger partial charge in [-0.25, -0.2) is 0 Å². The van der Waals surface area contributed by atoms with Crippen molar-refractivity contribution in [1.82, 2.24) is 4.57 Å². The van der Waals surface area contributed by atoms with Crippen LogP contribution in [-0.2, 0) is 0 Å². The lowest BCUT2D eigenvalue weighted by molar-refractivity contribution is 0.669. The molecule has 0 saturated carbocycles. The molecule has 0 amide bonds. The van der Waals surface area contributed by atoms with E-state index < -0.39 is 0 Å². The van der Waals surface area contributed by atoms with E-state index in [1.807, 2.05) is 24.3 Å². The predicted molar refractivity (Wildman–Crippen MR) is 113 cm³/mol. The van der Waals surface area contributed by atoms with Crippen LogP contribution in [0.4, 0.5) is 0 Å². The summed E-state index contributed by atoms with van der Waals surface area (Å²) >= 11 is 6.50. The Kier molecular flexibility index (Phi) is 2.97. The summed E-state index contributed by atoms with van der Waals surface area (Å²) in [6.07, 6.45) is 0. The van der Waals surface area contributed by atoms with Crippen molar-refractivity contribution < 1.29 is 4.42 Å². The number of halogens is 1. The second-order valence-corrected chi connectivity index (χ2v) is 7.15. The number of benzene rings is 4. The van der Waals surface area contributed by atoms with Crippen LogP contribution >= 0.6 is 11.6 Å². The lowest BCUT2D eigenvalue weighted by atomic mass is 10.1. The first-order valence-electron chi connectivity index (χ1n) is 8.91. The van der Waals surface area contributed by atoms with Gasteiger partial charge in [0.25, 0.3) is 0 Å². The Hall–Kier alpha value is -3.23. The maximum absolute atomic E-state index is 6.50. The molecule has 6 aromatic rings. The second kappa shape index (κ2) is 5.38. The maximum atomic E-state index is 6.50. The van der Waals surface area contributed by atoms with Gasteiger partial charge in [0, 0.05) is 16.2 Å². The van der Waals surface area contributed by atoms with Crippen molar-refractivity contribution in [3.05, 3.63) is 90.0 Å². The van der Waals surface area contributed by atoms with Crippen LogP contribution in [0.1, 0.15) is 0 Å². The molecule has 0 aliphatic heterocycles. The van der Waals surface area contributed by atoms with Crippen molar-refractivity contribution in [3.63, 3.8) is 0 Å². The highest BCUT2D eigenvalue weighted by molar-refractivity contribution is 6.36.